The van der Waals surface area contributed by atoms with Gasteiger partial charge in [0.05, 0.1) is 0 Å². The Morgan fingerprint density at radius 1 is 1.39 bits per heavy atom. The molecule has 1 aliphatic carbocycles. The van der Waals surface area contributed by atoms with Crippen molar-refractivity contribution in [1.29, 1.82) is 0 Å². The van der Waals surface area contributed by atoms with Crippen LogP contribution in [0.15, 0.2) is 0 Å². The molecule has 0 aromatic heterocycles. The molecule has 2 rings (SSSR count). The van der Waals surface area contributed by atoms with Crippen LogP contribution in [0.3, 0.4) is 0 Å². The maximum atomic E-state index is 11.6. The summed E-state index contributed by atoms with van der Waals surface area (Å²) < 4.78 is 0. The second kappa shape index (κ2) is 5.55. The number of primary amides is 1. The minimum atomic E-state index is -0.820. The Morgan fingerprint density at radius 3 is 2.50 bits per heavy atom. The van der Waals surface area contributed by atoms with E-state index < -0.39 is 5.54 Å². The van der Waals surface area contributed by atoms with Crippen LogP contribution in [0.2, 0.25) is 0 Å². The van der Waals surface area contributed by atoms with E-state index >= 15 is 0 Å². The summed E-state index contributed by atoms with van der Waals surface area (Å²) >= 11 is 0. The Hall–Kier alpha value is -0.650. The van der Waals surface area contributed by atoms with E-state index in [-0.39, 0.29) is 5.91 Å². The van der Waals surface area contributed by atoms with Gasteiger partial charge in [0.2, 0.25) is 5.91 Å². The molecule has 1 atom stereocenters. The first-order chi connectivity index (χ1) is 8.52. The molecule has 2 aliphatic rings. The molecular formula is C13H26N4O. The van der Waals surface area contributed by atoms with Crippen molar-refractivity contribution in [2.75, 3.05) is 39.8 Å². The van der Waals surface area contributed by atoms with Gasteiger partial charge >= 0.3 is 0 Å². The topological polar surface area (TPSA) is 75.6 Å². The van der Waals surface area contributed by atoms with Gasteiger partial charge in [-0.1, -0.05) is 0 Å². The Morgan fingerprint density at radius 2 is 2.00 bits per heavy atom. The van der Waals surface area contributed by atoms with Gasteiger partial charge in [0.15, 0.2) is 0 Å². The van der Waals surface area contributed by atoms with Crippen LogP contribution in [0.1, 0.15) is 25.7 Å². The number of carbonyl (C=O) groups is 1. The van der Waals surface area contributed by atoms with Crippen LogP contribution in [0.25, 0.3) is 0 Å². The van der Waals surface area contributed by atoms with Crippen molar-refractivity contribution in [3.8, 4) is 0 Å². The van der Waals surface area contributed by atoms with Crippen molar-refractivity contribution >= 4 is 5.91 Å². The molecule has 0 radical (unpaired) electrons. The highest BCUT2D eigenvalue weighted by molar-refractivity contribution is 5.85. The molecule has 4 N–H and O–H groups in total. The maximum absolute atomic E-state index is 11.6. The van der Waals surface area contributed by atoms with Crippen LogP contribution in [0.5, 0.6) is 0 Å². The van der Waals surface area contributed by atoms with Gasteiger partial charge in [0, 0.05) is 19.6 Å². The largest absolute Gasteiger partial charge is 0.368 e. The van der Waals surface area contributed by atoms with Crippen molar-refractivity contribution in [2.24, 2.45) is 17.4 Å². The van der Waals surface area contributed by atoms with E-state index in [0.717, 1.165) is 25.9 Å². The Labute approximate surface area is 109 Å². The number of rotatable bonds is 7. The van der Waals surface area contributed by atoms with Crippen LogP contribution in [-0.2, 0) is 4.79 Å². The maximum Gasteiger partial charge on any atom is 0.239 e. The first-order valence-corrected chi connectivity index (χ1v) is 7.02. The summed E-state index contributed by atoms with van der Waals surface area (Å²) in [6.07, 6.45) is 4.71. The number of nitrogens with two attached hydrogens (primary N) is 2. The third kappa shape index (κ3) is 3.22. The van der Waals surface area contributed by atoms with E-state index in [4.69, 9.17) is 11.5 Å². The highest BCUT2D eigenvalue weighted by Crippen LogP contribution is 2.38. The lowest BCUT2D eigenvalue weighted by Gasteiger charge is -2.31. The van der Waals surface area contributed by atoms with Crippen LogP contribution < -0.4 is 11.5 Å². The van der Waals surface area contributed by atoms with Crippen LogP contribution in [0, 0.1) is 5.92 Å². The number of amides is 1. The number of likely N-dealkylation sites (tertiary alicyclic amines) is 1. The monoisotopic (exact) mass is 254 g/mol. The molecule has 0 bridgehead atoms. The zero-order valence-electron chi connectivity index (χ0n) is 11.4. The molecular weight excluding hydrogens is 228 g/mol. The highest BCUT2D eigenvalue weighted by atomic mass is 16.1. The summed E-state index contributed by atoms with van der Waals surface area (Å²) in [7, 11) is 2.03. The van der Waals surface area contributed by atoms with Gasteiger partial charge in [0.1, 0.15) is 5.54 Å². The fraction of sp³-hybridized carbons (Fsp3) is 0.923. The molecule has 0 aromatic carbocycles. The second-order valence-electron chi connectivity index (χ2n) is 5.97. The van der Waals surface area contributed by atoms with Crippen LogP contribution >= 0.6 is 0 Å². The van der Waals surface area contributed by atoms with E-state index in [1.165, 1.54) is 25.9 Å². The normalized spacial score (nSPS) is 24.4. The molecule has 1 saturated carbocycles. The molecule has 5 nitrogen and oxygen atoms in total. The minimum Gasteiger partial charge on any atom is -0.368 e. The molecule has 5 heteroatoms. The van der Waals surface area contributed by atoms with Gasteiger partial charge in [-0.25, -0.2) is 0 Å². The molecule has 0 spiro atoms. The molecule has 104 valence electrons. The van der Waals surface area contributed by atoms with Crippen molar-refractivity contribution < 1.29 is 4.79 Å². The molecule has 1 aliphatic heterocycles. The molecule has 2 fully saturated rings. The van der Waals surface area contributed by atoms with Crippen molar-refractivity contribution in [3.63, 3.8) is 0 Å². The molecule has 0 aromatic rings. The standard InChI is InChI=1S/C13H26N4O/c1-16(8-9-17-6-2-3-7-17)10-13(15,12(14)18)11-4-5-11/h11H,2-10,15H2,1H3,(H2,14,18). The zero-order chi connectivity index (χ0) is 13.2. The number of nitrogens with zero attached hydrogens (tertiary/aromatic N) is 2. The predicted octanol–water partition coefficient (Wildman–Crippen LogP) is -0.393. The molecule has 1 unspecified atom stereocenters. The molecule has 1 saturated heterocycles. The molecule has 1 heterocycles. The lowest BCUT2D eigenvalue weighted by Crippen LogP contribution is -2.60. The lowest BCUT2D eigenvalue weighted by molar-refractivity contribution is -0.124. The number of carbonyl (C=O) groups excluding carboxylic acids is 1. The van der Waals surface area contributed by atoms with Gasteiger partial charge in [-0.15, -0.1) is 0 Å². The van der Waals surface area contributed by atoms with Crippen molar-refractivity contribution in [3.05, 3.63) is 0 Å². The second-order valence-corrected chi connectivity index (χ2v) is 5.97. The quantitative estimate of drug-likeness (QED) is 0.648. The Bertz CT molecular complexity index is 299. The summed E-state index contributed by atoms with van der Waals surface area (Å²) in [5.74, 6) is -0.0535. The van der Waals surface area contributed by atoms with Crippen molar-refractivity contribution in [2.45, 2.75) is 31.2 Å². The van der Waals surface area contributed by atoms with Crippen LogP contribution in [-0.4, -0.2) is 61.0 Å². The minimum absolute atomic E-state index is 0.296. The Balaban J connectivity index is 1.77. The van der Waals surface area contributed by atoms with Crippen molar-refractivity contribution in [1.82, 2.24) is 9.80 Å². The van der Waals surface area contributed by atoms with Crippen LogP contribution in [0.4, 0.5) is 0 Å². The lowest BCUT2D eigenvalue weighted by atomic mass is 9.93. The number of likely N-dealkylation sites (N-methyl/N-ethyl adjacent to an activating group) is 1. The smallest absolute Gasteiger partial charge is 0.239 e. The average molecular weight is 254 g/mol. The summed E-state index contributed by atoms with van der Waals surface area (Å²) in [5.41, 5.74) is 10.9. The van der Waals surface area contributed by atoms with E-state index in [2.05, 4.69) is 9.80 Å². The van der Waals surface area contributed by atoms with Gasteiger partial charge in [0.25, 0.3) is 0 Å². The number of hydrogen-bond acceptors (Lipinski definition) is 4. The summed E-state index contributed by atoms with van der Waals surface area (Å²) in [6.45, 7) is 5.02. The Kier molecular flexibility index (Phi) is 4.25. The molecule has 18 heavy (non-hydrogen) atoms. The third-order valence-corrected chi connectivity index (χ3v) is 4.29. The fourth-order valence-electron chi connectivity index (χ4n) is 2.85. The predicted molar refractivity (Wildman–Crippen MR) is 72.0 cm³/mol. The van der Waals surface area contributed by atoms with E-state index in [9.17, 15) is 4.79 Å². The number of hydrogen-bond donors (Lipinski definition) is 2. The third-order valence-electron chi connectivity index (χ3n) is 4.29. The van der Waals surface area contributed by atoms with E-state index in [0.29, 0.717) is 12.5 Å². The first-order valence-electron chi connectivity index (χ1n) is 7.02. The van der Waals surface area contributed by atoms with Gasteiger partial charge < -0.3 is 21.3 Å². The highest BCUT2D eigenvalue weighted by Gasteiger charge is 2.47. The molecule has 1 amide bonds. The average Bonchev–Trinajstić information content (AvgIpc) is 3.04. The van der Waals surface area contributed by atoms with E-state index in [1.54, 1.807) is 0 Å². The fourth-order valence-corrected chi connectivity index (χ4v) is 2.85. The summed E-state index contributed by atoms with van der Waals surface area (Å²) in [5, 5.41) is 0. The van der Waals surface area contributed by atoms with Gasteiger partial charge in [-0.05, 0) is 51.7 Å². The summed E-state index contributed by atoms with van der Waals surface area (Å²) in [4.78, 5) is 16.2. The van der Waals surface area contributed by atoms with Gasteiger partial charge in [-0.3, -0.25) is 4.79 Å². The summed E-state index contributed by atoms with van der Waals surface area (Å²) in [6, 6.07) is 0. The van der Waals surface area contributed by atoms with Gasteiger partial charge in [-0.2, -0.15) is 0 Å². The van der Waals surface area contributed by atoms with E-state index in [1.807, 2.05) is 7.05 Å². The zero-order valence-corrected chi connectivity index (χ0v) is 11.4. The first kappa shape index (κ1) is 13.8. The SMILES string of the molecule is CN(CCN1CCCC1)CC(N)(C(N)=O)C1CC1.